The van der Waals surface area contributed by atoms with Gasteiger partial charge in [-0.2, -0.15) is 0 Å². The molecule has 0 aromatic rings. The van der Waals surface area contributed by atoms with Gasteiger partial charge in [0.2, 0.25) is 0 Å². The van der Waals surface area contributed by atoms with Crippen molar-refractivity contribution in [1.82, 2.24) is 0 Å². The van der Waals surface area contributed by atoms with E-state index in [1.807, 2.05) is 19.1 Å². The van der Waals surface area contributed by atoms with Gasteiger partial charge in [0.05, 0.1) is 48.8 Å². The molecule has 4 aliphatic heterocycles. The standard InChI is InChI=1S/C39H66O12/c1-7-28(40)18-32-25(3)12-16-38(51-32)21-29-19-30(50-38)22-39(47)27(17-24(2)23-48-39)11-9-8-10-14-36(5,45)33(42)20-31(41)26(4)35(44)37(6,46)15-13-34(43)49-29/h9,11,13,15,24-33,35,40-42,44-47H,7-8,10,12,14,16-23H2,1-6H3. The number of hydrogen-bond donors (Lipinski definition) is 7. The van der Waals surface area contributed by atoms with Gasteiger partial charge in [-0.15, -0.1) is 0 Å². The van der Waals surface area contributed by atoms with Crippen LogP contribution in [0.2, 0.25) is 0 Å². The van der Waals surface area contributed by atoms with E-state index in [4.69, 9.17) is 18.9 Å². The number of carbonyl (C=O) groups excluding carboxylic acids is 1. The normalized spacial score (nSPS) is 47.4. The molecule has 4 heterocycles. The van der Waals surface area contributed by atoms with Crippen LogP contribution in [0.25, 0.3) is 0 Å². The molecule has 0 aliphatic carbocycles. The van der Waals surface area contributed by atoms with E-state index < -0.39 is 71.3 Å². The summed E-state index contributed by atoms with van der Waals surface area (Å²) >= 11 is 0. The first-order chi connectivity index (χ1) is 23.8. The lowest BCUT2D eigenvalue weighted by atomic mass is 9.80. The monoisotopic (exact) mass is 726 g/mol. The quantitative estimate of drug-likeness (QED) is 0.166. The largest absolute Gasteiger partial charge is 0.459 e. The minimum Gasteiger partial charge on any atom is -0.459 e. The number of hydrogen-bond acceptors (Lipinski definition) is 12. The Morgan fingerprint density at radius 3 is 2.39 bits per heavy atom. The third-order valence-electron chi connectivity index (χ3n) is 11.9. The Bertz CT molecular complexity index is 1190. The predicted octanol–water partition coefficient (Wildman–Crippen LogP) is 3.41. The van der Waals surface area contributed by atoms with Gasteiger partial charge in [0.15, 0.2) is 11.6 Å². The summed E-state index contributed by atoms with van der Waals surface area (Å²) < 4.78 is 25.5. The molecule has 51 heavy (non-hydrogen) atoms. The van der Waals surface area contributed by atoms with Gasteiger partial charge < -0.3 is 54.7 Å². The molecule has 0 aromatic heterocycles. The van der Waals surface area contributed by atoms with E-state index in [1.165, 1.54) is 20.8 Å². The maximum Gasteiger partial charge on any atom is 0.330 e. The number of rotatable bonds is 3. The molecule has 3 saturated heterocycles. The van der Waals surface area contributed by atoms with E-state index in [2.05, 4.69) is 13.8 Å². The van der Waals surface area contributed by atoms with E-state index in [9.17, 15) is 40.5 Å². The molecule has 7 N–H and O–H groups in total. The molecule has 2 bridgehead atoms. The molecule has 12 heteroatoms. The van der Waals surface area contributed by atoms with Crippen molar-refractivity contribution in [2.75, 3.05) is 6.61 Å². The van der Waals surface area contributed by atoms with Crippen LogP contribution in [0.3, 0.4) is 0 Å². The summed E-state index contributed by atoms with van der Waals surface area (Å²) in [5, 5.41) is 77.5. The Kier molecular flexibility index (Phi) is 14.4. The molecule has 0 aromatic carbocycles. The first-order valence-electron chi connectivity index (χ1n) is 19.2. The molecular formula is C39H66O12. The SMILES string of the molecule is CCC(O)CC1OC2(CCC1C)CC1CC(CC3(O)OCC(C)CC3C=CCCCC(C)(O)C(O)CC(O)C(C)C(O)C(C)(O)C=CC(=O)O1)O2. The molecule has 294 valence electrons. The van der Waals surface area contributed by atoms with E-state index in [-0.39, 0.29) is 56.0 Å². The number of fused-ring (bicyclic) bond motifs is 3. The summed E-state index contributed by atoms with van der Waals surface area (Å²) in [6.45, 7) is 10.8. The van der Waals surface area contributed by atoms with Gasteiger partial charge in [-0.25, -0.2) is 4.79 Å². The maximum absolute atomic E-state index is 13.3. The molecule has 15 atom stereocenters. The van der Waals surface area contributed by atoms with Gasteiger partial charge in [-0.1, -0.05) is 39.8 Å². The zero-order valence-corrected chi connectivity index (χ0v) is 31.5. The summed E-state index contributed by atoms with van der Waals surface area (Å²) in [4.78, 5) is 13.3. The van der Waals surface area contributed by atoms with Gasteiger partial charge in [0, 0.05) is 50.0 Å². The Hall–Kier alpha value is -1.45. The Morgan fingerprint density at radius 2 is 1.69 bits per heavy atom. The molecule has 0 radical (unpaired) electrons. The van der Waals surface area contributed by atoms with Crippen molar-refractivity contribution in [2.45, 2.75) is 184 Å². The maximum atomic E-state index is 13.3. The number of esters is 1. The van der Waals surface area contributed by atoms with Gasteiger partial charge in [-0.3, -0.25) is 0 Å². The van der Waals surface area contributed by atoms with E-state index in [0.717, 1.165) is 18.6 Å². The van der Waals surface area contributed by atoms with Crippen LogP contribution in [0, 0.1) is 23.7 Å². The first kappa shape index (κ1) is 42.3. The first-order valence-corrected chi connectivity index (χ1v) is 19.2. The number of aliphatic hydroxyl groups is 7. The number of aliphatic hydroxyl groups excluding tert-OH is 4. The lowest BCUT2D eigenvalue weighted by Gasteiger charge is -2.51. The van der Waals surface area contributed by atoms with Crippen molar-refractivity contribution >= 4 is 5.97 Å². The van der Waals surface area contributed by atoms with Gasteiger partial charge >= 0.3 is 5.97 Å². The summed E-state index contributed by atoms with van der Waals surface area (Å²) in [6.07, 6.45) is 4.61. The topological polar surface area (TPSA) is 196 Å². The zero-order valence-electron chi connectivity index (χ0n) is 31.5. The molecule has 0 amide bonds. The summed E-state index contributed by atoms with van der Waals surface area (Å²) in [5.74, 6) is -4.35. The molecule has 4 rings (SSSR count). The number of allylic oxidation sites excluding steroid dienone is 1. The summed E-state index contributed by atoms with van der Waals surface area (Å²) in [6, 6.07) is 0. The second-order valence-electron chi connectivity index (χ2n) is 16.8. The average molecular weight is 727 g/mol. The lowest BCUT2D eigenvalue weighted by molar-refractivity contribution is -0.352. The van der Waals surface area contributed by atoms with Crippen LogP contribution in [0.15, 0.2) is 24.3 Å². The predicted molar refractivity (Wildman–Crippen MR) is 189 cm³/mol. The highest BCUT2D eigenvalue weighted by atomic mass is 16.7. The van der Waals surface area contributed by atoms with Crippen molar-refractivity contribution in [2.24, 2.45) is 23.7 Å². The minimum atomic E-state index is -1.95. The second kappa shape index (κ2) is 17.3. The van der Waals surface area contributed by atoms with Crippen LogP contribution in [0.5, 0.6) is 0 Å². The molecule has 3 fully saturated rings. The van der Waals surface area contributed by atoms with Crippen LogP contribution in [0.1, 0.15) is 119 Å². The van der Waals surface area contributed by atoms with E-state index in [0.29, 0.717) is 45.1 Å². The second-order valence-corrected chi connectivity index (χ2v) is 16.8. The zero-order chi connectivity index (χ0) is 37.8. The Balaban J connectivity index is 1.65. The summed E-state index contributed by atoms with van der Waals surface area (Å²) in [7, 11) is 0. The van der Waals surface area contributed by atoms with E-state index >= 15 is 0 Å². The van der Waals surface area contributed by atoms with Crippen LogP contribution in [0.4, 0.5) is 0 Å². The van der Waals surface area contributed by atoms with Crippen LogP contribution >= 0.6 is 0 Å². The molecule has 15 unspecified atom stereocenters. The van der Waals surface area contributed by atoms with Gasteiger partial charge in [-0.05, 0) is 76.7 Å². The molecule has 0 saturated carbocycles. The summed E-state index contributed by atoms with van der Waals surface area (Å²) in [5.41, 5.74) is -3.47. The van der Waals surface area contributed by atoms with Gasteiger partial charge in [0.25, 0.3) is 0 Å². The van der Waals surface area contributed by atoms with Crippen molar-refractivity contribution in [3.63, 3.8) is 0 Å². The fraction of sp³-hybridized carbons (Fsp3) is 0.872. The third kappa shape index (κ3) is 11.1. The van der Waals surface area contributed by atoms with Crippen molar-refractivity contribution < 1.29 is 59.5 Å². The Labute approximate surface area is 303 Å². The van der Waals surface area contributed by atoms with E-state index in [1.54, 1.807) is 0 Å². The fourth-order valence-electron chi connectivity index (χ4n) is 8.20. The minimum absolute atomic E-state index is 0.101. The highest BCUT2D eigenvalue weighted by Gasteiger charge is 2.52. The van der Waals surface area contributed by atoms with Crippen molar-refractivity contribution in [1.29, 1.82) is 0 Å². The van der Waals surface area contributed by atoms with Gasteiger partial charge in [0.1, 0.15) is 11.7 Å². The van der Waals surface area contributed by atoms with Crippen LogP contribution in [-0.2, 0) is 23.7 Å². The molecule has 12 nitrogen and oxygen atoms in total. The molecule has 4 aliphatic rings. The molecular weight excluding hydrogens is 660 g/mol. The Morgan fingerprint density at radius 1 is 0.961 bits per heavy atom. The van der Waals surface area contributed by atoms with Crippen molar-refractivity contribution in [3.05, 3.63) is 24.3 Å². The third-order valence-corrected chi connectivity index (χ3v) is 11.9. The lowest BCUT2D eigenvalue weighted by Crippen LogP contribution is -2.57. The number of ether oxygens (including phenoxy) is 4. The smallest absolute Gasteiger partial charge is 0.330 e. The average Bonchev–Trinajstić information content (AvgIpc) is 3.05. The van der Waals surface area contributed by atoms with Crippen LogP contribution in [-0.4, -0.2) is 114 Å². The van der Waals surface area contributed by atoms with Crippen LogP contribution < -0.4 is 0 Å². The van der Waals surface area contributed by atoms with Crippen molar-refractivity contribution in [3.8, 4) is 0 Å². The fourth-order valence-corrected chi connectivity index (χ4v) is 8.20. The molecule has 1 spiro atoms. The highest BCUT2D eigenvalue weighted by molar-refractivity contribution is 5.82. The highest BCUT2D eigenvalue weighted by Crippen LogP contribution is 2.46. The number of carbonyl (C=O) groups is 1.